The standard InChI is InChI=1S/C10H15ClOS/c1-7(12)6-10(2,3)8-4-5-9(11)13-8/h4-5,7,12H,6H2,1-3H3. The smallest absolute Gasteiger partial charge is 0.0931 e. The second-order valence-corrected chi connectivity index (χ2v) is 5.76. The molecule has 1 aromatic heterocycles. The monoisotopic (exact) mass is 218 g/mol. The van der Waals surface area contributed by atoms with Crippen molar-refractivity contribution in [3.05, 3.63) is 21.3 Å². The Balaban J connectivity index is 2.80. The van der Waals surface area contributed by atoms with Crippen molar-refractivity contribution in [3.63, 3.8) is 0 Å². The molecular weight excluding hydrogens is 204 g/mol. The number of hydrogen-bond donors (Lipinski definition) is 1. The zero-order valence-corrected chi connectivity index (χ0v) is 9.75. The third kappa shape index (κ3) is 2.97. The molecule has 1 atom stereocenters. The van der Waals surface area contributed by atoms with Crippen LogP contribution < -0.4 is 0 Å². The molecule has 0 aliphatic rings. The van der Waals surface area contributed by atoms with E-state index in [9.17, 15) is 5.11 Å². The highest BCUT2D eigenvalue weighted by molar-refractivity contribution is 7.16. The zero-order valence-electron chi connectivity index (χ0n) is 8.17. The molecule has 1 unspecified atom stereocenters. The highest BCUT2D eigenvalue weighted by Crippen LogP contribution is 2.35. The number of halogens is 1. The van der Waals surface area contributed by atoms with Crippen LogP contribution in [0.5, 0.6) is 0 Å². The molecule has 0 bridgehead atoms. The quantitative estimate of drug-likeness (QED) is 0.824. The summed E-state index contributed by atoms with van der Waals surface area (Å²) < 4.78 is 0.814. The maximum atomic E-state index is 9.33. The SMILES string of the molecule is CC(O)CC(C)(C)c1ccc(Cl)s1. The fourth-order valence-corrected chi connectivity index (χ4v) is 2.67. The van der Waals surface area contributed by atoms with Crippen molar-refractivity contribution >= 4 is 22.9 Å². The van der Waals surface area contributed by atoms with E-state index in [4.69, 9.17) is 11.6 Å². The average molecular weight is 219 g/mol. The van der Waals surface area contributed by atoms with Crippen molar-refractivity contribution in [3.8, 4) is 0 Å². The van der Waals surface area contributed by atoms with E-state index in [-0.39, 0.29) is 11.5 Å². The fourth-order valence-electron chi connectivity index (χ4n) is 1.52. The third-order valence-corrected chi connectivity index (χ3v) is 3.64. The summed E-state index contributed by atoms with van der Waals surface area (Å²) in [6.07, 6.45) is 0.500. The van der Waals surface area contributed by atoms with Crippen molar-refractivity contribution < 1.29 is 5.11 Å². The molecule has 0 aliphatic carbocycles. The van der Waals surface area contributed by atoms with Gasteiger partial charge in [-0.25, -0.2) is 0 Å². The first-order valence-electron chi connectivity index (χ1n) is 4.36. The summed E-state index contributed by atoms with van der Waals surface area (Å²) in [5.41, 5.74) is 0.0198. The number of thiophene rings is 1. The predicted octanol–water partition coefficient (Wildman–Crippen LogP) is 3.45. The van der Waals surface area contributed by atoms with Crippen LogP contribution in [0.1, 0.15) is 32.1 Å². The molecule has 1 aromatic rings. The van der Waals surface area contributed by atoms with Gasteiger partial charge in [0.1, 0.15) is 0 Å². The van der Waals surface area contributed by atoms with Crippen LogP contribution in [0.4, 0.5) is 0 Å². The summed E-state index contributed by atoms with van der Waals surface area (Å²) in [6.45, 7) is 6.07. The van der Waals surface area contributed by atoms with E-state index >= 15 is 0 Å². The van der Waals surface area contributed by atoms with Crippen molar-refractivity contribution in [1.29, 1.82) is 0 Å². The Kier molecular flexibility index (Phi) is 3.38. The van der Waals surface area contributed by atoms with Gasteiger partial charge in [0, 0.05) is 10.3 Å². The minimum atomic E-state index is -0.268. The Morgan fingerprint density at radius 3 is 2.54 bits per heavy atom. The van der Waals surface area contributed by atoms with Gasteiger partial charge in [0.15, 0.2) is 0 Å². The summed E-state index contributed by atoms with van der Waals surface area (Å²) in [6, 6.07) is 3.95. The summed E-state index contributed by atoms with van der Waals surface area (Å²) in [5.74, 6) is 0. The van der Waals surface area contributed by atoms with E-state index in [1.54, 1.807) is 11.3 Å². The van der Waals surface area contributed by atoms with E-state index < -0.39 is 0 Å². The molecule has 13 heavy (non-hydrogen) atoms. The molecule has 1 nitrogen and oxygen atoms in total. The van der Waals surface area contributed by atoms with E-state index in [1.807, 2.05) is 19.1 Å². The van der Waals surface area contributed by atoms with Crippen LogP contribution in [-0.2, 0) is 5.41 Å². The molecule has 1 N–H and O–H groups in total. The first-order valence-corrected chi connectivity index (χ1v) is 5.55. The Morgan fingerprint density at radius 2 is 2.15 bits per heavy atom. The Morgan fingerprint density at radius 1 is 1.54 bits per heavy atom. The molecule has 0 fully saturated rings. The van der Waals surface area contributed by atoms with Gasteiger partial charge in [0.2, 0.25) is 0 Å². The summed E-state index contributed by atoms with van der Waals surface area (Å²) in [7, 11) is 0. The molecule has 74 valence electrons. The molecular formula is C10H15ClOS. The molecule has 0 amide bonds. The van der Waals surface area contributed by atoms with Gasteiger partial charge < -0.3 is 5.11 Å². The van der Waals surface area contributed by atoms with E-state index in [1.165, 1.54) is 4.88 Å². The molecule has 0 radical (unpaired) electrons. The second-order valence-electron chi connectivity index (χ2n) is 4.04. The lowest BCUT2D eigenvalue weighted by molar-refractivity contribution is 0.158. The number of rotatable bonds is 3. The van der Waals surface area contributed by atoms with Crippen molar-refractivity contribution in [2.45, 2.75) is 38.7 Å². The van der Waals surface area contributed by atoms with Gasteiger partial charge in [-0.1, -0.05) is 25.4 Å². The van der Waals surface area contributed by atoms with Gasteiger partial charge in [0.25, 0.3) is 0 Å². The number of hydrogen-bond acceptors (Lipinski definition) is 2. The van der Waals surface area contributed by atoms with Gasteiger partial charge >= 0.3 is 0 Å². The lowest BCUT2D eigenvalue weighted by Crippen LogP contribution is -2.21. The minimum absolute atomic E-state index is 0.0198. The van der Waals surface area contributed by atoms with E-state index in [0.29, 0.717) is 0 Å². The fraction of sp³-hybridized carbons (Fsp3) is 0.600. The summed E-state index contributed by atoms with van der Waals surface area (Å²) in [4.78, 5) is 1.23. The highest BCUT2D eigenvalue weighted by Gasteiger charge is 2.24. The van der Waals surface area contributed by atoms with Crippen LogP contribution in [0.15, 0.2) is 12.1 Å². The summed E-state index contributed by atoms with van der Waals surface area (Å²) >= 11 is 7.45. The van der Waals surface area contributed by atoms with Crippen LogP contribution in [-0.4, -0.2) is 11.2 Å². The van der Waals surface area contributed by atoms with Crippen LogP contribution in [0.2, 0.25) is 4.34 Å². The second kappa shape index (κ2) is 3.99. The average Bonchev–Trinajstić information content (AvgIpc) is 2.32. The molecule has 1 heterocycles. The molecule has 0 saturated carbocycles. The Labute approximate surface area is 88.4 Å². The van der Waals surface area contributed by atoms with Gasteiger partial charge in [-0.2, -0.15) is 0 Å². The van der Waals surface area contributed by atoms with Crippen molar-refractivity contribution in [2.75, 3.05) is 0 Å². The van der Waals surface area contributed by atoms with E-state index in [2.05, 4.69) is 13.8 Å². The first-order chi connectivity index (χ1) is 5.92. The largest absolute Gasteiger partial charge is 0.393 e. The maximum absolute atomic E-state index is 9.33. The lowest BCUT2D eigenvalue weighted by atomic mass is 9.85. The molecule has 0 saturated heterocycles. The van der Waals surface area contributed by atoms with Crippen LogP contribution in [0, 0.1) is 0 Å². The van der Waals surface area contributed by atoms with Crippen LogP contribution in [0.25, 0.3) is 0 Å². The first kappa shape index (κ1) is 11.0. The minimum Gasteiger partial charge on any atom is -0.393 e. The molecule has 1 rings (SSSR count). The summed E-state index contributed by atoms with van der Waals surface area (Å²) in [5, 5.41) is 9.33. The Hall–Kier alpha value is -0.0500. The van der Waals surface area contributed by atoms with Gasteiger partial charge in [-0.3, -0.25) is 0 Å². The molecule has 0 spiro atoms. The number of aliphatic hydroxyl groups is 1. The lowest BCUT2D eigenvalue weighted by Gasteiger charge is -2.24. The zero-order chi connectivity index (χ0) is 10.1. The molecule has 3 heteroatoms. The van der Waals surface area contributed by atoms with Gasteiger partial charge in [-0.15, -0.1) is 11.3 Å². The maximum Gasteiger partial charge on any atom is 0.0931 e. The van der Waals surface area contributed by atoms with E-state index in [0.717, 1.165) is 10.8 Å². The van der Waals surface area contributed by atoms with Crippen LogP contribution >= 0.6 is 22.9 Å². The number of aliphatic hydroxyl groups excluding tert-OH is 1. The van der Waals surface area contributed by atoms with Gasteiger partial charge in [-0.05, 0) is 25.5 Å². The normalized spacial score (nSPS) is 14.5. The topological polar surface area (TPSA) is 20.2 Å². The van der Waals surface area contributed by atoms with Crippen LogP contribution in [0.3, 0.4) is 0 Å². The van der Waals surface area contributed by atoms with Gasteiger partial charge in [0.05, 0.1) is 10.4 Å². The predicted molar refractivity (Wildman–Crippen MR) is 58.7 cm³/mol. The van der Waals surface area contributed by atoms with Crippen molar-refractivity contribution in [1.82, 2.24) is 0 Å². The highest BCUT2D eigenvalue weighted by atomic mass is 35.5. The third-order valence-electron chi connectivity index (χ3n) is 2.05. The molecule has 0 aromatic carbocycles. The van der Waals surface area contributed by atoms with Crippen molar-refractivity contribution in [2.24, 2.45) is 0 Å². The Bertz CT molecular complexity index is 278. The molecule has 0 aliphatic heterocycles.